The van der Waals surface area contributed by atoms with Crippen molar-refractivity contribution in [1.29, 1.82) is 0 Å². The molecule has 0 saturated heterocycles. The van der Waals surface area contributed by atoms with Crippen molar-refractivity contribution in [2.24, 2.45) is 0 Å². The highest BCUT2D eigenvalue weighted by Crippen LogP contribution is 2.17. The molecular formula is C15H16ClNO3. The van der Waals surface area contributed by atoms with Gasteiger partial charge in [0.25, 0.3) is 5.91 Å². The van der Waals surface area contributed by atoms with E-state index in [2.05, 4.69) is 0 Å². The van der Waals surface area contributed by atoms with E-state index in [9.17, 15) is 4.79 Å². The largest absolute Gasteiger partial charge is 0.494 e. The average Bonchev–Trinajstić information content (AvgIpc) is 2.87. The van der Waals surface area contributed by atoms with E-state index in [1.165, 1.54) is 0 Å². The van der Waals surface area contributed by atoms with Crippen LogP contribution in [0.5, 0.6) is 5.75 Å². The van der Waals surface area contributed by atoms with E-state index in [0.717, 1.165) is 11.3 Å². The third-order valence-electron chi connectivity index (χ3n) is 2.78. The predicted molar refractivity (Wildman–Crippen MR) is 77.1 cm³/mol. The van der Waals surface area contributed by atoms with Crippen LogP contribution in [0, 0.1) is 0 Å². The molecule has 0 spiro atoms. The molecule has 0 aliphatic heterocycles. The Balaban J connectivity index is 2.00. The smallest absolute Gasteiger partial charge is 0.289 e. The quantitative estimate of drug-likeness (QED) is 0.846. The molecule has 1 aromatic heterocycles. The monoisotopic (exact) mass is 293 g/mol. The molecule has 0 bridgehead atoms. The van der Waals surface area contributed by atoms with Crippen molar-refractivity contribution in [3.8, 4) is 5.75 Å². The minimum absolute atomic E-state index is 0.203. The lowest BCUT2D eigenvalue weighted by atomic mass is 10.2. The first-order valence-corrected chi connectivity index (χ1v) is 6.70. The second-order valence-electron chi connectivity index (χ2n) is 4.34. The molecule has 0 radical (unpaired) electrons. The molecular weight excluding hydrogens is 278 g/mol. The van der Waals surface area contributed by atoms with E-state index in [1.54, 1.807) is 24.1 Å². The fraction of sp³-hybridized carbons (Fsp3) is 0.267. The Labute approximate surface area is 122 Å². The molecule has 5 heteroatoms. The number of amides is 1. The van der Waals surface area contributed by atoms with Gasteiger partial charge in [-0.2, -0.15) is 0 Å². The second kappa shape index (κ2) is 6.48. The van der Waals surface area contributed by atoms with E-state index in [0.29, 0.717) is 13.2 Å². The first kappa shape index (κ1) is 14.5. The van der Waals surface area contributed by atoms with Gasteiger partial charge in [-0.3, -0.25) is 4.79 Å². The predicted octanol–water partition coefficient (Wildman–Crippen LogP) is 3.60. The van der Waals surface area contributed by atoms with Gasteiger partial charge < -0.3 is 14.1 Å². The Bertz CT molecular complexity index is 577. The van der Waals surface area contributed by atoms with Gasteiger partial charge in [-0.25, -0.2) is 0 Å². The van der Waals surface area contributed by atoms with Gasteiger partial charge in [0.2, 0.25) is 0 Å². The van der Waals surface area contributed by atoms with Crippen LogP contribution in [0.1, 0.15) is 23.0 Å². The van der Waals surface area contributed by atoms with Crippen LogP contribution in [0.25, 0.3) is 0 Å². The fourth-order valence-corrected chi connectivity index (χ4v) is 1.97. The van der Waals surface area contributed by atoms with Crippen LogP contribution in [0.4, 0.5) is 0 Å². The van der Waals surface area contributed by atoms with Crippen molar-refractivity contribution in [3.63, 3.8) is 0 Å². The molecule has 2 aromatic rings. The third-order valence-corrected chi connectivity index (χ3v) is 2.99. The zero-order chi connectivity index (χ0) is 14.5. The highest BCUT2D eigenvalue weighted by atomic mass is 35.5. The molecule has 20 heavy (non-hydrogen) atoms. The Hall–Kier alpha value is -1.94. The summed E-state index contributed by atoms with van der Waals surface area (Å²) in [5.74, 6) is 0.859. The normalized spacial score (nSPS) is 10.3. The fourth-order valence-electron chi connectivity index (χ4n) is 1.82. The molecule has 1 amide bonds. The van der Waals surface area contributed by atoms with Gasteiger partial charge in [0.05, 0.1) is 6.61 Å². The van der Waals surface area contributed by atoms with Crippen molar-refractivity contribution in [3.05, 3.63) is 52.9 Å². The maximum absolute atomic E-state index is 12.1. The van der Waals surface area contributed by atoms with Crippen LogP contribution >= 0.6 is 11.6 Å². The van der Waals surface area contributed by atoms with Gasteiger partial charge in [0, 0.05) is 13.6 Å². The topological polar surface area (TPSA) is 42.7 Å². The van der Waals surface area contributed by atoms with Gasteiger partial charge in [0.15, 0.2) is 11.0 Å². The maximum Gasteiger partial charge on any atom is 0.289 e. The standard InChI is InChI=1S/C15H16ClNO3/c1-3-19-12-6-4-11(5-7-12)10-17(2)15(18)13-8-9-14(16)20-13/h4-9H,3,10H2,1-2H3. The number of ether oxygens (including phenoxy) is 1. The highest BCUT2D eigenvalue weighted by molar-refractivity contribution is 6.29. The summed E-state index contributed by atoms with van der Waals surface area (Å²) in [5.41, 5.74) is 1.02. The minimum Gasteiger partial charge on any atom is -0.494 e. The van der Waals surface area contributed by atoms with Crippen molar-refractivity contribution in [2.45, 2.75) is 13.5 Å². The van der Waals surface area contributed by atoms with Gasteiger partial charge >= 0.3 is 0 Å². The molecule has 0 fully saturated rings. The Morgan fingerprint density at radius 1 is 1.25 bits per heavy atom. The van der Waals surface area contributed by atoms with E-state index < -0.39 is 0 Å². The lowest BCUT2D eigenvalue weighted by Crippen LogP contribution is -2.25. The van der Waals surface area contributed by atoms with Gasteiger partial charge in [-0.05, 0) is 48.4 Å². The van der Waals surface area contributed by atoms with Crippen molar-refractivity contribution in [1.82, 2.24) is 4.90 Å². The molecule has 1 aromatic carbocycles. The minimum atomic E-state index is -0.203. The van der Waals surface area contributed by atoms with Gasteiger partial charge in [-0.1, -0.05) is 12.1 Å². The van der Waals surface area contributed by atoms with Crippen LogP contribution in [-0.4, -0.2) is 24.5 Å². The highest BCUT2D eigenvalue weighted by Gasteiger charge is 2.15. The van der Waals surface area contributed by atoms with Crippen LogP contribution in [0.15, 0.2) is 40.8 Å². The summed E-state index contributed by atoms with van der Waals surface area (Å²) < 4.78 is 10.5. The summed E-state index contributed by atoms with van der Waals surface area (Å²) in [6.45, 7) is 3.06. The van der Waals surface area contributed by atoms with E-state index in [-0.39, 0.29) is 16.9 Å². The third kappa shape index (κ3) is 3.54. The number of benzene rings is 1. The molecule has 106 valence electrons. The summed E-state index contributed by atoms with van der Waals surface area (Å²) >= 11 is 5.67. The Morgan fingerprint density at radius 2 is 1.95 bits per heavy atom. The lowest BCUT2D eigenvalue weighted by Gasteiger charge is -2.16. The van der Waals surface area contributed by atoms with Gasteiger partial charge in [0.1, 0.15) is 5.75 Å². The molecule has 1 heterocycles. The lowest BCUT2D eigenvalue weighted by molar-refractivity contribution is 0.0753. The molecule has 2 rings (SSSR count). The summed E-state index contributed by atoms with van der Waals surface area (Å²) in [4.78, 5) is 13.7. The number of nitrogens with zero attached hydrogens (tertiary/aromatic N) is 1. The molecule has 0 aliphatic carbocycles. The van der Waals surface area contributed by atoms with E-state index >= 15 is 0 Å². The van der Waals surface area contributed by atoms with Crippen LogP contribution in [0.2, 0.25) is 5.22 Å². The van der Waals surface area contributed by atoms with E-state index in [4.69, 9.17) is 20.8 Å². The molecule has 0 N–H and O–H groups in total. The number of halogens is 1. The molecule has 0 aliphatic rings. The molecule has 0 saturated carbocycles. The maximum atomic E-state index is 12.1. The van der Waals surface area contributed by atoms with Crippen LogP contribution in [0.3, 0.4) is 0 Å². The van der Waals surface area contributed by atoms with Crippen LogP contribution < -0.4 is 4.74 Å². The zero-order valence-corrected chi connectivity index (χ0v) is 12.2. The zero-order valence-electron chi connectivity index (χ0n) is 11.4. The Morgan fingerprint density at radius 3 is 2.50 bits per heavy atom. The van der Waals surface area contributed by atoms with E-state index in [1.807, 2.05) is 31.2 Å². The van der Waals surface area contributed by atoms with Crippen molar-refractivity contribution >= 4 is 17.5 Å². The molecule has 4 nitrogen and oxygen atoms in total. The first-order valence-electron chi connectivity index (χ1n) is 6.32. The van der Waals surface area contributed by atoms with Gasteiger partial charge in [-0.15, -0.1) is 0 Å². The summed E-state index contributed by atoms with van der Waals surface area (Å²) in [6.07, 6.45) is 0. The van der Waals surface area contributed by atoms with Crippen molar-refractivity contribution in [2.75, 3.05) is 13.7 Å². The average molecular weight is 294 g/mol. The summed E-state index contributed by atoms with van der Waals surface area (Å²) in [5, 5.41) is 0.211. The summed E-state index contributed by atoms with van der Waals surface area (Å²) in [7, 11) is 1.72. The number of furan rings is 1. The number of rotatable bonds is 5. The first-order chi connectivity index (χ1) is 9.60. The number of hydrogen-bond acceptors (Lipinski definition) is 3. The second-order valence-corrected chi connectivity index (χ2v) is 4.71. The number of carbonyl (C=O) groups is 1. The molecule has 0 unspecified atom stereocenters. The number of carbonyl (C=O) groups excluding carboxylic acids is 1. The van der Waals surface area contributed by atoms with Crippen LogP contribution in [-0.2, 0) is 6.54 Å². The molecule has 0 atom stereocenters. The Kier molecular flexibility index (Phi) is 4.69. The SMILES string of the molecule is CCOc1ccc(CN(C)C(=O)c2ccc(Cl)o2)cc1. The van der Waals surface area contributed by atoms with Crippen molar-refractivity contribution < 1.29 is 13.9 Å². The summed E-state index contributed by atoms with van der Waals surface area (Å²) in [6, 6.07) is 10.8. The number of hydrogen-bond donors (Lipinski definition) is 0.